The number of aromatic nitrogens is 3. The quantitative estimate of drug-likeness (QED) is 0.316. The van der Waals surface area contributed by atoms with Gasteiger partial charge < -0.3 is 15.0 Å². The van der Waals surface area contributed by atoms with Crippen LogP contribution in [0.25, 0.3) is 22.2 Å². The maximum atomic E-state index is 14.9. The maximum absolute atomic E-state index is 14.9. The van der Waals surface area contributed by atoms with Crippen LogP contribution in [0.5, 0.6) is 5.75 Å². The van der Waals surface area contributed by atoms with E-state index in [1.165, 1.54) is 13.2 Å². The van der Waals surface area contributed by atoms with Crippen molar-refractivity contribution in [3.8, 4) is 17.0 Å². The molecule has 2 amide bonds. The summed E-state index contributed by atoms with van der Waals surface area (Å²) in [6.07, 6.45) is 4.58. The Morgan fingerprint density at radius 1 is 1.12 bits per heavy atom. The molecule has 2 N–H and O–H groups in total. The number of likely N-dealkylation sites (tertiary alicyclic amines) is 1. The van der Waals surface area contributed by atoms with Crippen molar-refractivity contribution in [1.29, 1.82) is 0 Å². The molecule has 1 unspecified atom stereocenters. The van der Waals surface area contributed by atoms with Crippen LogP contribution in [-0.2, 0) is 11.3 Å². The van der Waals surface area contributed by atoms with Gasteiger partial charge in [-0.1, -0.05) is 6.07 Å². The number of nitrogens with one attached hydrogen (secondary N) is 2. The number of rotatable bonds is 9. The van der Waals surface area contributed by atoms with E-state index in [1.54, 1.807) is 35.5 Å². The molecular weight excluding hydrogens is 523 g/mol. The first-order valence-corrected chi connectivity index (χ1v) is 14.0. The van der Waals surface area contributed by atoms with Gasteiger partial charge in [0.15, 0.2) is 0 Å². The lowest BCUT2D eigenvalue weighted by Gasteiger charge is -2.41. The Labute approximate surface area is 238 Å². The minimum absolute atomic E-state index is 0.0177. The summed E-state index contributed by atoms with van der Waals surface area (Å²) < 4.78 is 20.3. The summed E-state index contributed by atoms with van der Waals surface area (Å²) in [5.41, 5.74) is 3.39. The summed E-state index contributed by atoms with van der Waals surface area (Å²) in [4.78, 5) is 34.7. The van der Waals surface area contributed by atoms with Crippen LogP contribution in [-0.4, -0.2) is 75.6 Å². The van der Waals surface area contributed by atoms with E-state index in [-0.39, 0.29) is 30.2 Å². The van der Waals surface area contributed by atoms with Gasteiger partial charge in [-0.25, -0.2) is 4.39 Å². The molecule has 3 heterocycles. The van der Waals surface area contributed by atoms with Crippen LogP contribution >= 0.6 is 0 Å². The average Bonchev–Trinajstić information content (AvgIpc) is 3.43. The van der Waals surface area contributed by atoms with Gasteiger partial charge in [0.25, 0.3) is 5.91 Å². The first kappa shape index (κ1) is 28.2. The second-order valence-corrected chi connectivity index (χ2v) is 10.2. The highest BCUT2D eigenvalue weighted by molar-refractivity contribution is 6.01. The molecule has 1 saturated heterocycles. The Balaban J connectivity index is 1.37. The van der Waals surface area contributed by atoms with E-state index in [0.717, 1.165) is 22.2 Å². The lowest BCUT2D eigenvalue weighted by molar-refractivity contribution is -0.138. The highest BCUT2D eigenvalue weighted by atomic mass is 19.1. The second kappa shape index (κ2) is 12.5. The fourth-order valence-electron chi connectivity index (χ4n) is 5.60. The molecule has 0 bridgehead atoms. The second-order valence-electron chi connectivity index (χ2n) is 10.2. The molecule has 4 aromatic rings. The number of halogens is 1. The SMILES string of the molecule is CCN(CC)C(=O)C1CC[C@@H](NC(=O)c2ccc3[nH]nc(-c4ccncc4)c3c2)CN1Cc1c(F)cccc1OC. The number of carbonyl (C=O) groups is 2. The van der Waals surface area contributed by atoms with E-state index in [4.69, 9.17) is 4.74 Å². The number of hydrogen-bond donors (Lipinski definition) is 2. The third-order valence-corrected chi connectivity index (χ3v) is 7.82. The zero-order valence-corrected chi connectivity index (χ0v) is 23.6. The molecule has 10 heteroatoms. The Hall–Kier alpha value is -4.31. The molecule has 0 spiro atoms. The topological polar surface area (TPSA) is 103 Å². The number of fused-ring (bicyclic) bond motifs is 1. The van der Waals surface area contributed by atoms with Gasteiger partial charge in [0.1, 0.15) is 17.3 Å². The van der Waals surface area contributed by atoms with Crippen LogP contribution < -0.4 is 10.1 Å². The number of benzene rings is 2. The molecule has 0 radical (unpaired) electrons. The van der Waals surface area contributed by atoms with Gasteiger partial charge in [-0.2, -0.15) is 5.10 Å². The van der Waals surface area contributed by atoms with Crippen molar-refractivity contribution in [2.24, 2.45) is 0 Å². The minimum Gasteiger partial charge on any atom is -0.496 e. The zero-order chi connectivity index (χ0) is 28.9. The molecule has 0 saturated carbocycles. The van der Waals surface area contributed by atoms with Crippen LogP contribution in [0, 0.1) is 5.82 Å². The summed E-state index contributed by atoms with van der Waals surface area (Å²) in [5.74, 6) is -0.147. The highest BCUT2D eigenvalue weighted by Gasteiger charge is 2.36. The van der Waals surface area contributed by atoms with Crippen molar-refractivity contribution in [2.45, 2.75) is 45.3 Å². The van der Waals surface area contributed by atoms with Gasteiger partial charge in [-0.3, -0.25) is 24.6 Å². The highest BCUT2D eigenvalue weighted by Crippen LogP contribution is 2.29. The number of likely N-dealkylation sites (N-methyl/N-ethyl adjacent to an activating group) is 1. The molecule has 1 aliphatic rings. The predicted octanol–water partition coefficient (Wildman–Crippen LogP) is 4.40. The zero-order valence-electron chi connectivity index (χ0n) is 23.6. The number of methoxy groups -OCH3 is 1. The smallest absolute Gasteiger partial charge is 0.251 e. The van der Waals surface area contributed by atoms with E-state index in [2.05, 4.69) is 20.5 Å². The first-order valence-electron chi connectivity index (χ1n) is 14.0. The van der Waals surface area contributed by atoms with Crippen molar-refractivity contribution in [1.82, 2.24) is 30.3 Å². The number of carbonyl (C=O) groups excluding carboxylic acids is 2. The van der Waals surface area contributed by atoms with E-state index < -0.39 is 6.04 Å². The van der Waals surface area contributed by atoms with Gasteiger partial charge in [-0.15, -0.1) is 0 Å². The first-order chi connectivity index (χ1) is 19.9. The van der Waals surface area contributed by atoms with Gasteiger partial charge >= 0.3 is 0 Å². The summed E-state index contributed by atoms with van der Waals surface area (Å²) in [5, 5.41) is 11.5. The molecule has 214 valence electrons. The number of hydrogen-bond acceptors (Lipinski definition) is 6. The molecule has 9 nitrogen and oxygen atoms in total. The molecule has 2 atom stereocenters. The van der Waals surface area contributed by atoms with Crippen LogP contribution in [0.3, 0.4) is 0 Å². The lowest BCUT2D eigenvalue weighted by atomic mass is 9.95. The monoisotopic (exact) mass is 558 g/mol. The summed E-state index contributed by atoms with van der Waals surface area (Å²) in [6.45, 7) is 5.69. The molecular formula is C31H35FN6O3. The number of ether oxygens (including phenoxy) is 1. The summed E-state index contributed by atoms with van der Waals surface area (Å²) >= 11 is 0. The van der Waals surface area contributed by atoms with Crippen LogP contribution in [0.15, 0.2) is 60.9 Å². The van der Waals surface area contributed by atoms with Crippen LogP contribution in [0.1, 0.15) is 42.6 Å². The average molecular weight is 559 g/mol. The van der Waals surface area contributed by atoms with E-state index in [9.17, 15) is 14.0 Å². The fraction of sp³-hybridized carbons (Fsp3) is 0.355. The molecule has 41 heavy (non-hydrogen) atoms. The van der Waals surface area contributed by atoms with Gasteiger partial charge in [0.2, 0.25) is 5.91 Å². The Morgan fingerprint density at radius 2 is 1.90 bits per heavy atom. The number of H-pyrrole nitrogens is 1. The van der Waals surface area contributed by atoms with E-state index >= 15 is 0 Å². The lowest BCUT2D eigenvalue weighted by Crippen LogP contribution is -2.56. The molecule has 2 aromatic carbocycles. The van der Waals surface area contributed by atoms with Gasteiger partial charge in [0.05, 0.1) is 18.7 Å². The minimum atomic E-state index is -0.419. The van der Waals surface area contributed by atoms with Crippen molar-refractivity contribution in [3.05, 3.63) is 77.9 Å². The molecule has 1 fully saturated rings. The van der Waals surface area contributed by atoms with Gasteiger partial charge in [0, 0.05) is 66.7 Å². The molecule has 5 rings (SSSR count). The van der Waals surface area contributed by atoms with Crippen molar-refractivity contribution in [3.63, 3.8) is 0 Å². The number of pyridine rings is 1. The van der Waals surface area contributed by atoms with Crippen molar-refractivity contribution < 1.29 is 18.7 Å². The van der Waals surface area contributed by atoms with Crippen LogP contribution in [0.2, 0.25) is 0 Å². The van der Waals surface area contributed by atoms with E-state index in [0.29, 0.717) is 49.4 Å². The predicted molar refractivity (Wildman–Crippen MR) is 155 cm³/mol. The molecule has 1 aliphatic heterocycles. The number of aromatic amines is 1. The van der Waals surface area contributed by atoms with Gasteiger partial charge in [-0.05, 0) is 69.2 Å². The normalized spacial score (nSPS) is 17.4. The van der Waals surface area contributed by atoms with Crippen molar-refractivity contribution >= 4 is 22.7 Å². The third-order valence-electron chi connectivity index (χ3n) is 7.82. The summed E-state index contributed by atoms with van der Waals surface area (Å²) in [7, 11) is 1.51. The number of nitrogens with zero attached hydrogens (tertiary/aromatic N) is 4. The van der Waals surface area contributed by atoms with Crippen molar-refractivity contribution in [2.75, 3.05) is 26.7 Å². The standard InChI is InChI=1S/C31H35FN6O3/c1-4-37(5-2)31(40)27-12-10-22(18-38(27)19-24-25(32)7-6-8-28(24)41-3)34-30(39)21-9-11-26-23(17-21)29(36-35-26)20-13-15-33-16-14-20/h6-9,11,13-17,22,27H,4-5,10,12,18-19H2,1-3H3,(H,34,39)(H,35,36)/t22-,27?/m1/s1. The Kier molecular flexibility index (Phi) is 8.58. The number of amides is 2. The number of piperidine rings is 1. The Morgan fingerprint density at radius 3 is 2.63 bits per heavy atom. The third kappa shape index (κ3) is 5.92. The van der Waals surface area contributed by atoms with E-state index in [1.807, 2.05) is 43.0 Å². The fourth-order valence-corrected chi connectivity index (χ4v) is 5.60. The maximum Gasteiger partial charge on any atom is 0.251 e. The van der Waals surface area contributed by atoms with Crippen LogP contribution in [0.4, 0.5) is 4.39 Å². The largest absolute Gasteiger partial charge is 0.496 e. The molecule has 0 aliphatic carbocycles. The summed E-state index contributed by atoms with van der Waals surface area (Å²) in [6, 6.07) is 13.3. The Bertz CT molecular complexity index is 1520. The molecule has 2 aromatic heterocycles.